The van der Waals surface area contributed by atoms with Crippen LogP contribution in [0.4, 0.5) is 5.69 Å². The Morgan fingerprint density at radius 1 is 1.04 bits per heavy atom. The molecule has 0 spiro atoms. The molecule has 126 valence electrons. The molecular weight excluding hydrogens is 320 g/mol. The van der Waals surface area contributed by atoms with Crippen molar-refractivity contribution in [1.29, 1.82) is 0 Å². The van der Waals surface area contributed by atoms with Crippen molar-refractivity contribution in [2.75, 3.05) is 12.3 Å². The van der Waals surface area contributed by atoms with Crippen LogP contribution in [0.1, 0.15) is 31.7 Å². The Morgan fingerprint density at radius 3 is 2.38 bits per heavy atom. The van der Waals surface area contributed by atoms with Crippen molar-refractivity contribution in [3.05, 3.63) is 65.9 Å². The summed E-state index contributed by atoms with van der Waals surface area (Å²) in [4.78, 5) is 0.332. The maximum absolute atomic E-state index is 13.1. The first-order valence-corrected chi connectivity index (χ1v) is 9.64. The van der Waals surface area contributed by atoms with Crippen molar-refractivity contribution in [3.63, 3.8) is 0 Å². The Hall–Kier alpha value is -2.27. The summed E-state index contributed by atoms with van der Waals surface area (Å²) in [5.74, 6) is 0. The molecule has 1 aliphatic heterocycles. The summed E-state index contributed by atoms with van der Waals surface area (Å²) in [6.07, 6.45) is 2.28. The molecule has 1 aliphatic rings. The molecule has 0 bridgehead atoms. The predicted molar refractivity (Wildman–Crippen MR) is 97.6 cm³/mol. The number of benzene rings is 2. The summed E-state index contributed by atoms with van der Waals surface area (Å²) in [7, 11) is -3.54. The first-order valence-electron chi connectivity index (χ1n) is 8.20. The number of hydrogen-bond donors (Lipinski definition) is 1. The quantitative estimate of drug-likeness (QED) is 0.858. The minimum atomic E-state index is -3.54. The third-order valence-corrected chi connectivity index (χ3v) is 6.24. The van der Waals surface area contributed by atoms with E-state index in [1.165, 1.54) is 0 Å². The lowest BCUT2D eigenvalue weighted by Crippen LogP contribution is -2.34. The molecule has 0 fully saturated rings. The Kier molecular flexibility index (Phi) is 4.62. The molecule has 0 atom stereocenters. The van der Waals surface area contributed by atoms with Crippen LogP contribution in [0.2, 0.25) is 0 Å². The van der Waals surface area contributed by atoms with E-state index >= 15 is 0 Å². The van der Waals surface area contributed by atoms with Crippen LogP contribution in [0.25, 0.3) is 5.57 Å². The summed E-state index contributed by atoms with van der Waals surface area (Å²) in [5, 5.41) is 0. The molecule has 0 aliphatic carbocycles. The van der Waals surface area contributed by atoms with Gasteiger partial charge in [0.2, 0.25) is 0 Å². The van der Waals surface area contributed by atoms with Crippen LogP contribution in [0.5, 0.6) is 0 Å². The number of rotatable bonds is 4. The van der Waals surface area contributed by atoms with Gasteiger partial charge in [-0.1, -0.05) is 43.3 Å². The first kappa shape index (κ1) is 16.6. The zero-order chi connectivity index (χ0) is 17.2. The summed E-state index contributed by atoms with van der Waals surface area (Å²) >= 11 is 0. The number of nitrogen functional groups attached to an aromatic ring is 1. The molecule has 24 heavy (non-hydrogen) atoms. The number of anilines is 1. The molecular formula is C19H22N2O2S. The number of para-hydroxylation sites is 1. The molecule has 2 N–H and O–H groups in total. The van der Waals surface area contributed by atoms with Gasteiger partial charge in [0.1, 0.15) is 0 Å². The highest BCUT2D eigenvalue weighted by molar-refractivity contribution is 7.89. The van der Waals surface area contributed by atoms with Gasteiger partial charge in [0, 0.05) is 23.5 Å². The predicted octanol–water partition coefficient (Wildman–Crippen LogP) is 3.87. The normalized spacial score (nSPS) is 15.6. The monoisotopic (exact) mass is 342 g/mol. The topological polar surface area (TPSA) is 63.4 Å². The first-order chi connectivity index (χ1) is 11.6. The number of allylic oxidation sites excluding steroid dienone is 2. The summed E-state index contributed by atoms with van der Waals surface area (Å²) in [6, 6.07) is 16.3. The highest BCUT2D eigenvalue weighted by Crippen LogP contribution is 2.37. The van der Waals surface area contributed by atoms with Crippen LogP contribution < -0.4 is 5.73 Å². The van der Waals surface area contributed by atoms with Crippen LogP contribution in [0.3, 0.4) is 0 Å². The van der Waals surface area contributed by atoms with Gasteiger partial charge in [0.15, 0.2) is 0 Å². The van der Waals surface area contributed by atoms with E-state index in [-0.39, 0.29) is 0 Å². The molecule has 3 rings (SSSR count). The lowest BCUT2D eigenvalue weighted by Gasteiger charge is -2.33. The van der Waals surface area contributed by atoms with E-state index in [1.54, 1.807) is 28.6 Å². The standard InChI is InChI=1S/C19H22N2O2S/c1-2-19-17(16-11-6-7-13-18(16)20)12-8-14-21(19)24(22,23)15-9-4-3-5-10-15/h3-7,9-11,13H,2,8,12,14,20H2,1H3. The van der Waals surface area contributed by atoms with E-state index in [1.807, 2.05) is 37.3 Å². The van der Waals surface area contributed by atoms with E-state index in [0.717, 1.165) is 29.7 Å². The molecule has 0 unspecified atom stereocenters. The van der Waals surface area contributed by atoms with Gasteiger partial charge in [-0.25, -0.2) is 8.42 Å². The zero-order valence-corrected chi connectivity index (χ0v) is 14.6. The molecule has 0 aromatic heterocycles. The largest absolute Gasteiger partial charge is 0.398 e. The summed E-state index contributed by atoms with van der Waals surface area (Å²) in [5.41, 5.74) is 9.66. The van der Waals surface area contributed by atoms with Crippen molar-refractivity contribution >= 4 is 21.3 Å². The van der Waals surface area contributed by atoms with Gasteiger partial charge in [0.05, 0.1) is 4.90 Å². The fourth-order valence-electron chi connectivity index (χ4n) is 3.27. The van der Waals surface area contributed by atoms with Gasteiger partial charge >= 0.3 is 0 Å². The van der Waals surface area contributed by atoms with Crippen LogP contribution in [0, 0.1) is 0 Å². The number of nitrogens with zero attached hydrogens (tertiary/aromatic N) is 1. The maximum atomic E-state index is 13.1. The van der Waals surface area contributed by atoms with Crippen LogP contribution >= 0.6 is 0 Å². The summed E-state index contributed by atoms with van der Waals surface area (Å²) < 4.78 is 27.7. The van der Waals surface area contributed by atoms with Gasteiger partial charge in [-0.15, -0.1) is 0 Å². The van der Waals surface area contributed by atoms with Crippen LogP contribution in [-0.2, 0) is 10.0 Å². The Balaban J connectivity index is 2.13. The molecule has 1 heterocycles. The lowest BCUT2D eigenvalue weighted by molar-refractivity contribution is 0.445. The molecule has 2 aromatic carbocycles. The van der Waals surface area contributed by atoms with Crippen LogP contribution in [0.15, 0.2) is 65.2 Å². The van der Waals surface area contributed by atoms with E-state index < -0.39 is 10.0 Å². The van der Waals surface area contributed by atoms with Crippen molar-refractivity contribution in [3.8, 4) is 0 Å². The molecule has 0 saturated carbocycles. The average molecular weight is 342 g/mol. The lowest BCUT2D eigenvalue weighted by atomic mass is 9.94. The minimum absolute atomic E-state index is 0.332. The van der Waals surface area contributed by atoms with Crippen molar-refractivity contribution in [1.82, 2.24) is 4.31 Å². The smallest absolute Gasteiger partial charge is 0.264 e. The number of sulfonamides is 1. The highest BCUT2D eigenvalue weighted by Gasteiger charge is 2.30. The highest BCUT2D eigenvalue weighted by atomic mass is 32.2. The van der Waals surface area contributed by atoms with Crippen molar-refractivity contribution < 1.29 is 8.42 Å². The number of hydrogen-bond acceptors (Lipinski definition) is 3. The van der Waals surface area contributed by atoms with E-state index in [0.29, 0.717) is 23.5 Å². The van der Waals surface area contributed by atoms with Gasteiger partial charge in [-0.05, 0) is 43.0 Å². The second-order valence-corrected chi connectivity index (χ2v) is 7.72. The van der Waals surface area contributed by atoms with Crippen molar-refractivity contribution in [2.45, 2.75) is 31.1 Å². The fourth-order valence-corrected chi connectivity index (χ4v) is 4.92. The molecule has 0 amide bonds. The van der Waals surface area contributed by atoms with E-state index in [9.17, 15) is 8.42 Å². The average Bonchev–Trinajstić information content (AvgIpc) is 2.62. The second-order valence-electron chi connectivity index (χ2n) is 5.86. The molecule has 0 radical (unpaired) electrons. The number of nitrogens with two attached hydrogens (primary N) is 1. The summed E-state index contributed by atoms with van der Waals surface area (Å²) in [6.45, 7) is 2.50. The van der Waals surface area contributed by atoms with Gasteiger partial charge in [-0.3, -0.25) is 4.31 Å². The fraction of sp³-hybridized carbons (Fsp3) is 0.263. The Morgan fingerprint density at radius 2 is 1.71 bits per heavy atom. The van der Waals surface area contributed by atoms with Crippen LogP contribution in [-0.4, -0.2) is 19.3 Å². The second kappa shape index (κ2) is 6.69. The Bertz CT molecular complexity index is 858. The van der Waals surface area contributed by atoms with E-state index in [2.05, 4.69) is 0 Å². The third-order valence-electron chi connectivity index (χ3n) is 4.39. The SMILES string of the molecule is CCC1=C(c2ccccc2N)CCCN1S(=O)(=O)c1ccccc1. The molecule has 0 saturated heterocycles. The third kappa shape index (κ3) is 2.91. The van der Waals surface area contributed by atoms with Crippen molar-refractivity contribution in [2.24, 2.45) is 0 Å². The molecule has 4 nitrogen and oxygen atoms in total. The van der Waals surface area contributed by atoms with E-state index in [4.69, 9.17) is 5.73 Å². The van der Waals surface area contributed by atoms with Gasteiger partial charge in [0.25, 0.3) is 10.0 Å². The van der Waals surface area contributed by atoms with Gasteiger partial charge < -0.3 is 5.73 Å². The van der Waals surface area contributed by atoms with Gasteiger partial charge in [-0.2, -0.15) is 0 Å². The zero-order valence-electron chi connectivity index (χ0n) is 13.8. The molecule has 2 aromatic rings. The maximum Gasteiger partial charge on any atom is 0.264 e. The molecule has 5 heteroatoms. The minimum Gasteiger partial charge on any atom is -0.398 e. The Labute approximate surface area is 143 Å².